The van der Waals surface area contributed by atoms with Crippen molar-refractivity contribution in [3.05, 3.63) is 64.7 Å². The van der Waals surface area contributed by atoms with Crippen LogP contribution in [0.1, 0.15) is 27.0 Å². The second kappa shape index (κ2) is 9.89. The minimum Gasteiger partial charge on any atom is -0.493 e. The maximum atomic E-state index is 12.3. The predicted molar refractivity (Wildman–Crippen MR) is 105 cm³/mol. The van der Waals surface area contributed by atoms with Crippen LogP contribution in [0.15, 0.2) is 47.6 Å². The summed E-state index contributed by atoms with van der Waals surface area (Å²) in [4.78, 5) is 23.3. The van der Waals surface area contributed by atoms with E-state index in [9.17, 15) is 9.59 Å². The molecule has 0 spiro atoms. The lowest BCUT2D eigenvalue weighted by atomic mass is 10.1. The molecule has 2 aromatic rings. The summed E-state index contributed by atoms with van der Waals surface area (Å²) in [5.41, 5.74) is 6.62. The van der Waals surface area contributed by atoms with Crippen LogP contribution >= 0.6 is 0 Å². The minimum absolute atomic E-state index is 0.368. The van der Waals surface area contributed by atoms with Gasteiger partial charge in [-0.3, -0.25) is 14.8 Å². The van der Waals surface area contributed by atoms with Gasteiger partial charge >= 0.3 is 0 Å². The van der Waals surface area contributed by atoms with E-state index in [0.717, 1.165) is 17.2 Å². The zero-order chi connectivity index (χ0) is 20.5. The molecule has 0 aromatic heterocycles. The lowest BCUT2D eigenvalue weighted by Gasteiger charge is -2.10. The minimum atomic E-state index is -0.662. The van der Waals surface area contributed by atoms with Gasteiger partial charge in [-0.15, -0.1) is 0 Å². The standard InChI is InChI=1S/C20H21N3O5/c1-13-9-17(27-2)18(28-3)11-16(13)12-21-22-20(25)15-6-4-5-14(10-15)7-8-19(24)23-26/h4-12,26H,1-3H3,(H,22,25)(H,23,24)/b8-7+,21-12+. The summed E-state index contributed by atoms with van der Waals surface area (Å²) in [5, 5.41) is 12.5. The van der Waals surface area contributed by atoms with Gasteiger partial charge in [0.1, 0.15) is 0 Å². The van der Waals surface area contributed by atoms with Crippen molar-refractivity contribution < 1.29 is 24.3 Å². The molecule has 0 radical (unpaired) electrons. The van der Waals surface area contributed by atoms with Gasteiger partial charge in [0, 0.05) is 17.2 Å². The Hall–Kier alpha value is -3.65. The van der Waals surface area contributed by atoms with E-state index in [-0.39, 0.29) is 0 Å². The molecule has 0 saturated heterocycles. The van der Waals surface area contributed by atoms with Crippen molar-refractivity contribution in [3.63, 3.8) is 0 Å². The molecule has 0 bridgehead atoms. The Balaban J connectivity index is 2.10. The number of amides is 2. The first kappa shape index (κ1) is 20.7. The SMILES string of the molecule is COc1cc(C)c(/C=N/NC(=O)c2cccc(/C=C/C(=O)NO)c2)cc1OC. The Bertz CT molecular complexity index is 922. The molecule has 2 rings (SSSR count). The zero-order valence-corrected chi connectivity index (χ0v) is 15.7. The molecule has 0 fully saturated rings. The van der Waals surface area contributed by atoms with Crippen molar-refractivity contribution in [2.75, 3.05) is 14.2 Å². The maximum Gasteiger partial charge on any atom is 0.271 e. The summed E-state index contributed by atoms with van der Waals surface area (Å²) < 4.78 is 10.5. The van der Waals surface area contributed by atoms with Crippen molar-refractivity contribution in [3.8, 4) is 11.5 Å². The van der Waals surface area contributed by atoms with Crippen LogP contribution in [-0.4, -0.2) is 37.5 Å². The van der Waals surface area contributed by atoms with Crippen molar-refractivity contribution in [2.24, 2.45) is 5.10 Å². The van der Waals surface area contributed by atoms with Crippen LogP contribution in [0, 0.1) is 6.92 Å². The molecule has 2 aromatic carbocycles. The Morgan fingerprint density at radius 1 is 1.11 bits per heavy atom. The number of hydrogen-bond donors (Lipinski definition) is 3. The number of carbonyl (C=O) groups is 2. The van der Waals surface area contributed by atoms with Crippen molar-refractivity contribution in [1.29, 1.82) is 0 Å². The Labute approximate surface area is 162 Å². The van der Waals surface area contributed by atoms with Gasteiger partial charge in [-0.25, -0.2) is 10.9 Å². The molecule has 146 valence electrons. The highest BCUT2D eigenvalue weighted by Crippen LogP contribution is 2.29. The van der Waals surface area contributed by atoms with Crippen LogP contribution in [0.3, 0.4) is 0 Å². The molecular formula is C20H21N3O5. The lowest BCUT2D eigenvalue weighted by molar-refractivity contribution is -0.124. The summed E-state index contributed by atoms with van der Waals surface area (Å²) in [7, 11) is 3.10. The molecule has 2 amide bonds. The number of hydrogen-bond acceptors (Lipinski definition) is 6. The molecule has 0 atom stereocenters. The molecule has 3 N–H and O–H groups in total. The van der Waals surface area contributed by atoms with Gasteiger partial charge in [-0.2, -0.15) is 5.10 Å². The van der Waals surface area contributed by atoms with Crippen molar-refractivity contribution >= 4 is 24.1 Å². The van der Waals surface area contributed by atoms with Gasteiger partial charge in [0.25, 0.3) is 11.8 Å². The summed E-state index contributed by atoms with van der Waals surface area (Å²) >= 11 is 0. The Morgan fingerprint density at radius 3 is 2.50 bits per heavy atom. The average molecular weight is 383 g/mol. The maximum absolute atomic E-state index is 12.3. The fraction of sp³-hybridized carbons (Fsp3) is 0.150. The highest BCUT2D eigenvalue weighted by molar-refractivity contribution is 5.96. The summed E-state index contributed by atoms with van der Waals surface area (Å²) in [6.07, 6.45) is 4.14. The smallest absolute Gasteiger partial charge is 0.271 e. The second-order valence-corrected chi connectivity index (χ2v) is 5.70. The zero-order valence-electron chi connectivity index (χ0n) is 15.7. The van der Waals surface area contributed by atoms with Crippen LogP contribution < -0.4 is 20.4 Å². The van der Waals surface area contributed by atoms with Gasteiger partial charge < -0.3 is 9.47 Å². The molecule has 0 saturated carbocycles. The normalized spacial score (nSPS) is 10.9. The Kier molecular flexibility index (Phi) is 7.29. The molecule has 0 aliphatic carbocycles. The summed E-state index contributed by atoms with van der Waals surface area (Å²) in [6, 6.07) is 10.2. The van der Waals surface area contributed by atoms with Gasteiger partial charge in [0.2, 0.25) is 0 Å². The fourth-order valence-corrected chi connectivity index (χ4v) is 2.35. The van der Waals surface area contributed by atoms with E-state index in [1.165, 1.54) is 17.8 Å². The first-order valence-corrected chi connectivity index (χ1v) is 8.26. The largest absolute Gasteiger partial charge is 0.493 e. The predicted octanol–water partition coefficient (Wildman–Crippen LogP) is 2.29. The van der Waals surface area contributed by atoms with Crippen LogP contribution in [0.4, 0.5) is 0 Å². The number of ether oxygens (including phenoxy) is 2. The molecule has 0 heterocycles. The lowest BCUT2D eigenvalue weighted by Crippen LogP contribution is -2.17. The molecule has 0 aliphatic rings. The van der Waals surface area contributed by atoms with Gasteiger partial charge in [0.15, 0.2) is 11.5 Å². The highest BCUT2D eigenvalue weighted by Gasteiger charge is 2.08. The Morgan fingerprint density at radius 2 is 1.82 bits per heavy atom. The molecular weight excluding hydrogens is 362 g/mol. The molecule has 28 heavy (non-hydrogen) atoms. The van der Waals surface area contributed by atoms with Crippen LogP contribution in [0.2, 0.25) is 0 Å². The van der Waals surface area contributed by atoms with Gasteiger partial charge in [0.05, 0.1) is 20.4 Å². The number of carbonyl (C=O) groups excluding carboxylic acids is 2. The molecule has 0 aliphatic heterocycles. The van der Waals surface area contributed by atoms with E-state index in [2.05, 4.69) is 10.5 Å². The van der Waals surface area contributed by atoms with E-state index in [1.807, 2.05) is 13.0 Å². The number of nitrogens with one attached hydrogen (secondary N) is 2. The highest BCUT2D eigenvalue weighted by atomic mass is 16.5. The number of aryl methyl sites for hydroxylation is 1. The fourth-order valence-electron chi connectivity index (χ4n) is 2.35. The number of benzene rings is 2. The van der Waals surface area contributed by atoms with Crippen molar-refractivity contribution in [2.45, 2.75) is 6.92 Å². The van der Waals surface area contributed by atoms with Crippen LogP contribution in [0.25, 0.3) is 6.08 Å². The number of hydroxylamine groups is 1. The monoisotopic (exact) mass is 383 g/mol. The molecule has 0 unspecified atom stereocenters. The van der Waals surface area contributed by atoms with E-state index < -0.39 is 11.8 Å². The van der Waals surface area contributed by atoms with Gasteiger partial charge in [-0.1, -0.05) is 12.1 Å². The third-order valence-corrected chi connectivity index (χ3v) is 3.83. The average Bonchev–Trinajstić information content (AvgIpc) is 2.72. The molecule has 8 heteroatoms. The topological polar surface area (TPSA) is 109 Å². The van der Waals surface area contributed by atoms with E-state index >= 15 is 0 Å². The number of rotatable bonds is 7. The first-order chi connectivity index (χ1) is 13.5. The van der Waals surface area contributed by atoms with Crippen molar-refractivity contribution in [1.82, 2.24) is 10.9 Å². The summed E-state index contributed by atoms with van der Waals surface area (Å²) in [6.45, 7) is 1.89. The first-order valence-electron chi connectivity index (χ1n) is 8.26. The van der Waals surface area contributed by atoms with E-state index in [0.29, 0.717) is 22.6 Å². The van der Waals surface area contributed by atoms with E-state index in [4.69, 9.17) is 14.7 Å². The quantitative estimate of drug-likeness (QED) is 0.294. The summed E-state index contributed by atoms with van der Waals surface area (Å²) in [5.74, 6) is 0.106. The third-order valence-electron chi connectivity index (χ3n) is 3.83. The van der Waals surface area contributed by atoms with Crippen LogP contribution in [0.5, 0.6) is 11.5 Å². The number of methoxy groups -OCH3 is 2. The third kappa shape index (κ3) is 5.42. The number of nitrogens with zero attached hydrogens (tertiary/aromatic N) is 1. The second-order valence-electron chi connectivity index (χ2n) is 5.70. The number of hydrazone groups is 1. The van der Waals surface area contributed by atoms with Crippen LogP contribution in [-0.2, 0) is 4.79 Å². The van der Waals surface area contributed by atoms with Gasteiger partial charge in [-0.05, 0) is 48.4 Å². The van der Waals surface area contributed by atoms with E-state index in [1.54, 1.807) is 44.6 Å². The molecule has 8 nitrogen and oxygen atoms in total.